The van der Waals surface area contributed by atoms with E-state index in [1.165, 1.54) is 0 Å². The molecule has 2 nitrogen and oxygen atoms in total. The monoisotopic (exact) mass is 204 g/mol. The number of halogens is 3. The standard InChI is InChI=1S/C9H7F3O2/c1-14-8-3-2-6(10)4-7(8)9(11,12)5-13/h2-5H,1H3. The molecule has 0 aromatic heterocycles. The molecule has 14 heavy (non-hydrogen) atoms. The van der Waals surface area contributed by atoms with Crippen LogP contribution < -0.4 is 4.74 Å². The fourth-order valence-corrected chi connectivity index (χ4v) is 1.00. The van der Waals surface area contributed by atoms with Gasteiger partial charge in [0.25, 0.3) is 0 Å². The molecule has 1 rings (SSSR count). The van der Waals surface area contributed by atoms with Gasteiger partial charge in [-0.3, -0.25) is 4.79 Å². The van der Waals surface area contributed by atoms with Crippen molar-refractivity contribution in [3.05, 3.63) is 29.6 Å². The summed E-state index contributed by atoms with van der Waals surface area (Å²) in [6.45, 7) is 0. The maximum Gasteiger partial charge on any atom is 0.331 e. The van der Waals surface area contributed by atoms with Crippen LogP contribution in [-0.2, 0) is 10.7 Å². The van der Waals surface area contributed by atoms with Crippen LogP contribution in [-0.4, -0.2) is 13.4 Å². The average molecular weight is 204 g/mol. The van der Waals surface area contributed by atoms with Crippen molar-refractivity contribution >= 4 is 6.29 Å². The minimum absolute atomic E-state index is 0.219. The van der Waals surface area contributed by atoms with E-state index in [-0.39, 0.29) is 5.75 Å². The number of carbonyl (C=O) groups is 1. The van der Waals surface area contributed by atoms with Crippen molar-refractivity contribution < 1.29 is 22.7 Å². The second-order valence-corrected chi connectivity index (χ2v) is 2.59. The van der Waals surface area contributed by atoms with Gasteiger partial charge >= 0.3 is 5.92 Å². The molecule has 1 aromatic rings. The molecule has 0 heterocycles. The predicted octanol–water partition coefficient (Wildman–Crippen LogP) is 2.12. The first-order valence-corrected chi connectivity index (χ1v) is 3.69. The number of ether oxygens (including phenoxy) is 1. The average Bonchev–Trinajstić information content (AvgIpc) is 2.18. The highest BCUT2D eigenvalue weighted by Gasteiger charge is 2.34. The van der Waals surface area contributed by atoms with Crippen molar-refractivity contribution in [3.63, 3.8) is 0 Å². The zero-order valence-corrected chi connectivity index (χ0v) is 7.26. The number of carbonyl (C=O) groups excluding carboxylic acids is 1. The van der Waals surface area contributed by atoms with Crippen LogP contribution in [0.1, 0.15) is 5.56 Å². The van der Waals surface area contributed by atoms with Crippen LogP contribution in [0.3, 0.4) is 0 Å². The van der Waals surface area contributed by atoms with Crippen molar-refractivity contribution in [1.82, 2.24) is 0 Å². The summed E-state index contributed by atoms with van der Waals surface area (Å²) < 4.78 is 43.0. The Labute approximate surface area is 78.3 Å². The maximum absolute atomic E-state index is 12.9. The van der Waals surface area contributed by atoms with E-state index in [1.54, 1.807) is 0 Å². The minimum atomic E-state index is -3.73. The molecular formula is C9H7F3O2. The van der Waals surface area contributed by atoms with Crippen LogP contribution in [0.4, 0.5) is 13.2 Å². The SMILES string of the molecule is COc1ccc(F)cc1C(F)(F)C=O. The molecule has 0 radical (unpaired) electrons. The lowest BCUT2D eigenvalue weighted by atomic mass is 10.1. The van der Waals surface area contributed by atoms with Crippen molar-refractivity contribution in [3.8, 4) is 5.75 Å². The number of hydrogen-bond donors (Lipinski definition) is 0. The fourth-order valence-electron chi connectivity index (χ4n) is 1.00. The Bertz CT molecular complexity index is 350. The van der Waals surface area contributed by atoms with E-state index in [1.807, 2.05) is 0 Å². The van der Waals surface area contributed by atoms with Gasteiger partial charge in [-0.05, 0) is 18.2 Å². The Morgan fingerprint density at radius 1 is 1.43 bits per heavy atom. The Balaban J connectivity index is 3.30. The van der Waals surface area contributed by atoms with Crippen molar-refractivity contribution in [2.24, 2.45) is 0 Å². The number of aldehydes is 1. The van der Waals surface area contributed by atoms with E-state index in [9.17, 15) is 18.0 Å². The summed E-state index contributed by atoms with van der Waals surface area (Å²) >= 11 is 0. The Hall–Kier alpha value is -1.52. The second-order valence-electron chi connectivity index (χ2n) is 2.59. The first kappa shape index (κ1) is 10.6. The third-order valence-electron chi connectivity index (χ3n) is 1.67. The molecule has 0 aliphatic heterocycles. The third kappa shape index (κ3) is 1.86. The van der Waals surface area contributed by atoms with Crippen molar-refractivity contribution in [1.29, 1.82) is 0 Å². The van der Waals surface area contributed by atoms with Gasteiger partial charge < -0.3 is 4.74 Å². The first-order valence-electron chi connectivity index (χ1n) is 3.69. The van der Waals surface area contributed by atoms with Crippen LogP contribution in [0.5, 0.6) is 5.75 Å². The summed E-state index contributed by atoms with van der Waals surface area (Å²) in [6, 6.07) is 2.60. The van der Waals surface area contributed by atoms with Gasteiger partial charge in [-0.2, -0.15) is 8.78 Å². The van der Waals surface area contributed by atoms with Gasteiger partial charge in [-0.25, -0.2) is 4.39 Å². The van der Waals surface area contributed by atoms with E-state index in [4.69, 9.17) is 0 Å². The van der Waals surface area contributed by atoms with Crippen LogP contribution >= 0.6 is 0 Å². The van der Waals surface area contributed by atoms with Gasteiger partial charge in [0, 0.05) is 0 Å². The summed E-state index contributed by atoms with van der Waals surface area (Å²) in [6.07, 6.45) is -0.551. The lowest BCUT2D eigenvalue weighted by Gasteiger charge is -2.13. The smallest absolute Gasteiger partial charge is 0.331 e. The summed E-state index contributed by atoms with van der Waals surface area (Å²) in [5.41, 5.74) is -0.769. The van der Waals surface area contributed by atoms with Gasteiger partial charge in [-0.1, -0.05) is 0 Å². The molecule has 0 fully saturated rings. The number of benzene rings is 1. The van der Waals surface area contributed by atoms with Gasteiger partial charge in [-0.15, -0.1) is 0 Å². The minimum Gasteiger partial charge on any atom is -0.496 e. The Morgan fingerprint density at radius 3 is 2.57 bits per heavy atom. The van der Waals surface area contributed by atoms with E-state index in [0.29, 0.717) is 6.07 Å². The van der Waals surface area contributed by atoms with Crippen LogP contribution in [0, 0.1) is 5.82 Å². The molecule has 0 saturated heterocycles. The van der Waals surface area contributed by atoms with E-state index in [0.717, 1.165) is 19.2 Å². The number of methoxy groups -OCH3 is 1. The number of hydrogen-bond acceptors (Lipinski definition) is 2. The lowest BCUT2D eigenvalue weighted by Crippen LogP contribution is -2.16. The quantitative estimate of drug-likeness (QED) is 0.705. The molecule has 0 N–H and O–H groups in total. The molecule has 0 aliphatic rings. The van der Waals surface area contributed by atoms with Crippen LogP contribution in [0.2, 0.25) is 0 Å². The van der Waals surface area contributed by atoms with Gasteiger partial charge in [0.1, 0.15) is 11.6 Å². The molecule has 0 atom stereocenters. The molecule has 5 heteroatoms. The first-order chi connectivity index (χ1) is 6.51. The normalized spacial score (nSPS) is 11.1. The Kier molecular flexibility index (Phi) is 2.78. The van der Waals surface area contributed by atoms with Crippen molar-refractivity contribution in [2.45, 2.75) is 5.92 Å². The highest BCUT2D eigenvalue weighted by atomic mass is 19.3. The van der Waals surface area contributed by atoms with E-state index in [2.05, 4.69) is 4.74 Å². The lowest BCUT2D eigenvalue weighted by molar-refractivity contribution is -0.130. The highest BCUT2D eigenvalue weighted by Crippen LogP contribution is 2.33. The molecular weight excluding hydrogens is 197 g/mol. The van der Waals surface area contributed by atoms with E-state index >= 15 is 0 Å². The summed E-state index contributed by atoms with van der Waals surface area (Å²) in [5, 5.41) is 0. The predicted molar refractivity (Wildman–Crippen MR) is 42.9 cm³/mol. The number of alkyl halides is 2. The molecule has 0 amide bonds. The third-order valence-corrected chi connectivity index (χ3v) is 1.67. The van der Waals surface area contributed by atoms with Gasteiger partial charge in [0.15, 0.2) is 6.29 Å². The number of rotatable bonds is 3. The highest BCUT2D eigenvalue weighted by molar-refractivity contribution is 5.65. The molecule has 0 spiro atoms. The van der Waals surface area contributed by atoms with Crippen LogP contribution in [0.15, 0.2) is 18.2 Å². The van der Waals surface area contributed by atoms with Gasteiger partial charge in [0.2, 0.25) is 0 Å². The second kappa shape index (κ2) is 3.69. The van der Waals surface area contributed by atoms with Crippen molar-refractivity contribution in [2.75, 3.05) is 7.11 Å². The summed E-state index contributed by atoms with van der Waals surface area (Å²) in [7, 11) is 1.16. The molecule has 0 unspecified atom stereocenters. The van der Waals surface area contributed by atoms with E-state index < -0.39 is 23.6 Å². The van der Waals surface area contributed by atoms with Gasteiger partial charge in [0.05, 0.1) is 12.7 Å². The zero-order valence-electron chi connectivity index (χ0n) is 7.26. The topological polar surface area (TPSA) is 26.3 Å². The summed E-state index contributed by atoms with van der Waals surface area (Å²) in [5.74, 6) is -4.79. The molecule has 0 saturated carbocycles. The molecule has 76 valence electrons. The summed E-state index contributed by atoms with van der Waals surface area (Å²) in [4.78, 5) is 10.1. The molecule has 0 bridgehead atoms. The largest absolute Gasteiger partial charge is 0.496 e. The van der Waals surface area contributed by atoms with Crippen LogP contribution in [0.25, 0.3) is 0 Å². The molecule has 1 aromatic carbocycles. The zero-order chi connectivity index (χ0) is 10.8. The Morgan fingerprint density at radius 2 is 2.07 bits per heavy atom. The molecule has 0 aliphatic carbocycles. The maximum atomic E-state index is 12.9. The fraction of sp³-hybridized carbons (Fsp3) is 0.222.